The van der Waals surface area contributed by atoms with E-state index in [1.807, 2.05) is 6.07 Å². The first-order valence-corrected chi connectivity index (χ1v) is 7.51. The van der Waals surface area contributed by atoms with Gasteiger partial charge in [-0.1, -0.05) is 0 Å². The third-order valence-electron chi connectivity index (χ3n) is 4.05. The first-order chi connectivity index (χ1) is 10.7. The Hall–Kier alpha value is -1.60. The highest BCUT2D eigenvalue weighted by molar-refractivity contribution is 6.23. The molecule has 5 nitrogen and oxygen atoms in total. The van der Waals surface area contributed by atoms with Crippen LogP contribution in [0.15, 0.2) is 12.1 Å². The summed E-state index contributed by atoms with van der Waals surface area (Å²) in [6.07, 6.45) is 2.97. The fourth-order valence-corrected chi connectivity index (χ4v) is 3.17. The number of carbonyl (C=O) groups is 1. The average molecular weight is 305 g/mol. The average Bonchev–Trinajstić information content (AvgIpc) is 2.47. The van der Waals surface area contributed by atoms with Crippen molar-refractivity contribution in [1.82, 2.24) is 4.81 Å². The van der Waals surface area contributed by atoms with Crippen LogP contribution in [0.1, 0.15) is 18.4 Å². The van der Waals surface area contributed by atoms with Gasteiger partial charge in [0.1, 0.15) is 0 Å². The predicted octanol–water partition coefficient (Wildman–Crippen LogP) is 1.59. The Morgan fingerprint density at radius 1 is 1.55 bits per heavy atom. The summed E-state index contributed by atoms with van der Waals surface area (Å²) < 4.78 is 24.3. The van der Waals surface area contributed by atoms with Crippen LogP contribution in [0.5, 0.6) is 5.75 Å². The van der Waals surface area contributed by atoms with E-state index in [1.165, 1.54) is 6.07 Å². The number of hydrogen-bond acceptors (Lipinski definition) is 4. The number of halogens is 1. The third-order valence-corrected chi connectivity index (χ3v) is 4.05. The maximum Gasteiger partial charge on any atom is 0.398 e. The molecule has 1 amide bonds. The molecule has 117 valence electrons. The van der Waals surface area contributed by atoms with E-state index >= 15 is 0 Å². The summed E-state index contributed by atoms with van der Waals surface area (Å²) >= 11 is 0. The molecule has 1 aromatic carbocycles. The summed E-state index contributed by atoms with van der Waals surface area (Å²) in [4.78, 5) is 13.5. The molecule has 1 unspecified atom stereocenters. The molecule has 1 radical (unpaired) electrons. The van der Waals surface area contributed by atoms with Gasteiger partial charge < -0.3 is 19.5 Å². The molecule has 7 heteroatoms. The van der Waals surface area contributed by atoms with Crippen molar-refractivity contribution in [1.29, 1.82) is 0 Å². The van der Waals surface area contributed by atoms with Gasteiger partial charge in [0, 0.05) is 7.11 Å². The van der Waals surface area contributed by atoms with Crippen LogP contribution < -0.4 is 10.1 Å². The number of benzene rings is 1. The highest BCUT2D eigenvalue weighted by Gasteiger charge is 2.24. The van der Waals surface area contributed by atoms with Crippen LogP contribution in [0.25, 0.3) is 0 Å². The quantitative estimate of drug-likeness (QED) is 0.858. The third kappa shape index (κ3) is 3.42. The van der Waals surface area contributed by atoms with E-state index in [-0.39, 0.29) is 18.3 Å². The van der Waals surface area contributed by atoms with E-state index in [1.54, 1.807) is 14.7 Å². The lowest BCUT2D eigenvalue weighted by atomic mass is 9.89. The van der Waals surface area contributed by atoms with Gasteiger partial charge in [-0.15, -0.1) is 0 Å². The van der Waals surface area contributed by atoms with Gasteiger partial charge in [0.15, 0.2) is 18.2 Å². The largest absolute Gasteiger partial charge is 0.478 e. The molecule has 0 aliphatic carbocycles. The zero-order chi connectivity index (χ0) is 15.5. The summed E-state index contributed by atoms with van der Waals surface area (Å²) in [7, 11) is 3.39. The first kappa shape index (κ1) is 15.3. The van der Waals surface area contributed by atoms with E-state index in [4.69, 9.17) is 9.39 Å². The van der Waals surface area contributed by atoms with E-state index in [9.17, 15) is 9.18 Å². The Morgan fingerprint density at radius 3 is 3.23 bits per heavy atom. The first-order valence-electron chi connectivity index (χ1n) is 7.51. The molecule has 2 aliphatic rings. The zero-order valence-electron chi connectivity index (χ0n) is 12.6. The lowest BCUT2D eigenvalue weighted by molar-refractivity contribution is -0.118. The number of amides is 1. The van der Waals surface area contributed by atoms with Crippen LogP contribution in [0.4, 0.5) is 10.1 Å². The maximum absolute atomic E-state index is 14.1. The molecular formula is C15H19BFN2O3. The predicted molar refractivity (Wildman–Crippen MR) is 81.3 cm³/mol. The molecule has 22 heavy (non-hydrogen) atoms. The van der Waals surface area contributed by atoms with E-state index in [0.717, 1.165) is 37.9 Å². The highest BCUT2D eigenvalue weighted by atomic mass is 19.1. The van der Waals surface area contributed by atoms with Crippen molar-refractivity contribution in [2.75, 3.05) is 32.1 Å². The summed E-state index contributed by atoms with van der Waals surface area (Å²) in [5.41, 5.74) is 1.31. The second kappa shape index (κ2) is 6.66. The molecular weight excluding hydrogens is 286 g/mol. The topological polar surface area (TPSA) is 50.8 Å². The van der Waals surface area contributed by atoms with Crippen molar-refractivity contribution in [3.8, 4) is 5.75 Å². The van der Waals surface area contributed by atoms with Crippen molar-refractivity contribution in [3.05, 3.63) is 23.5 Å². The molecule has 1 aromatic rings. The van der Waals surface area contributed by atoms with E-state index < -0.39 is 5.82 Å². The van der Waals surface area contributed by atoms with Crippen LogP contribution in [-0.4, -0.2) is 45.1 Å². The number of piperidine rings is 1. The molecule has 0 spiro atoms. The van der Waals surface area contributed by atoms with Crippen LogP contribution in [0.3, 0.4) is 0 Å². The number of rotatable bonds is 4. The molecule has 3 rings (SSSR count). The van der Waals surface area contributed by atoms with Crippen LogP contribution in [-0.2, 0) is 15.9 Å². The molecule has 1 saturated heterocycles. The molecule has 2 heterocycles. The number of anilines is 1. The van der Waals surface area contributed by atoms with Crippen molar-refractivity contribution in [2.24, 2.45) is 5.92 Å². The van der Waals surface area contributed by atoms with Gasteiger partial charge in [-0.3, -0.25) is 4.79 Å². The number of nitrogens with zero attached hydrogens (tertiary/aromatic N) is 1. The lowest BCUT2D eigenvalue weighted by Gasteiger charge is -2.31. The number of hydrogen-bond donors (Lipinski definition) is 1. The SMILES string of the molecule is CO[B]N1CCCC(Cc2cc(F)c3c(c2)NC(=O)CO3)C1. The van der Waals surface area contributed by atoms with Gasteiger partial charge in [-0.2, -0.15) is 0 Å². The number of fused-ring (bicyclic) bond motifs is 1. The Kier molecular flexibility index (Phi) is 4.64. The van der Waals surface area contributed by atoms with Crippen molar-refractivity contribution >= 4 is 19.2 Å². The van der Waals surface area contributed by atoms with Crippen molar-refractivity contribution in [2.45, 2.75) is 19.3 Å². The normalized spacial score (nSPS) is 21.7. The minimum atomic E-state index is -0.413. The highest BCUT2D eigenvalue weighted by Crippen LogP contribution is 2.33. The van der Waals surface area contributed by atoms with Gasteiger partial charge in [-0.25, -0.2) is 4.39 Å². The second-order valence-corrected chi connectivity index (χ2v) is 5.84. The molecule has 0 saturated carbocycles. The summed E-state index contributed by atoms with van der Waals surface area (Å²) in [6, 6.07) is 3.32. The van der Waals surface area contributed by atoms with Gasteiger partial charge in [0.05, 0.1) is 5.69 Å². The molecule has 0 bridgehead atoms. The van der Waals surface area contributed by atoms with Crippen molar-refractivity contribution in [3.63, 3.8) is 0 Å². The zero-order valence-corrected chi connectivity index (χ0v) is 12.6. The summed E-state index contributed by atoms with van der Waals surface area (Å²) in [6.45, 7) is 1.76. The minimum absolute atomic E-state index is 0.131. The Morgan fingerprint density at radius 2 is 2.41 bits per heavy atom. The van der Waals surface area contributed by atoms with Gasteiger partial charge in [-0.05, 0) is 56.0 Å². The van der Waals surface area contributed by atoms with Gasteiger partial charge >= 0.3 is 7.62 Å². The molecule has 2 aliphatic heterocycles. The van der Waals surface area contributed by atoms with Crippen LogP contribution in [0.2, 0.25) is 0 Å². The van der Waals surface area contributed by atoms with Gasteiger partial charge in [0.2, 0.25) is 0 Å². The monoisotopic (exact) mass is 305 g/mol. The number of ether oxygens (including phenoxy) is 1. The fraction of sp³-hybridized carbons (Fsp3) is 0.533. The minimum Gasteiger partial charge on any atom is -0.478 e. The maximum atomic E-state index is 14.1. The molecule has 1 fully saturated rings. The Bertz CT molecular complexity index is 568. The Balaban J connectivity index is 1.71. The standard InChI is InChI=1S/C15H19BFN2O3/c1-21-16-19-4-2-3-10(8-19)5-11-6-12(17)15-13(7-11)18-14(20)9-22-15/h6-7,10H,2-5,8-9H2,1H3,(H,18,20). The summed E-state index contributed by atoms with van der Waals surface area (Å²) in [5, 5.41) is 2.67. The van der Waals surface area contributed by atoms with E-state index in [0.29, 0.717) is 11.6 Å². The molecule has 1 atom stereocenters. The number of carbonyl (C=O) groups excluding carboxylic acids is 1. The fourth-order valence-electron chi connectivity index (χ4n) is 3.17. The Labute approximate surface area is 130 Å². The van der Waals surface area contributed by atoms with Crippen molar-refractivity contribution < 1.29 is 18.6 Å². The smallest absolute Gasteiger partial charge is 0.398 e. The summed E-state index contributed by atoms with van der Waals surface area (Å²) in [5.74, 6) is -0.0784. The molecule has 1 N–H and O–H groups in total. The van der Waals surface area contributed by atoms with E-state index in [2.05, 4.69) is 10.1 Å². The molecule has 0 aromatic heterocycles. The van der Waals surface area contributed by atoms with Crippen LogP contribution >= 0.6 is 0 Å². The van der Waals surface area contributed by atoms with Crippen LogP contribution in [0, 0.1) is 11.7 Å². The van der Waals surface area contributed by atoms with Gasteiger partial charge in [0.25, 0.3) is 5.91 Å². The lowest BCUT2D eigenvalue weighted by Crippen LogP contribution is -2.39. The second-order valence-electron chi connectivity index (χ2n) is 5.84. The number of nitrogens with one attached hydrogen (secondary N) is 1.